The highest BCUT2D eigenvalue weighted by Crippen LogP contribution is 2.24. The van der Waals surface area contributed by atoms with Crippen molar-refractivity contribution in [3.05, 3.63) is 5.89 Å². The van der Waals surface area contributed by atoms with E-state index < -0.39 is 0 Å². The third-order valence-electron chi connectivity index (χ3n) is 3.21. The van der Waals surface area contributed by atoms with Gasteiger partial charge in [-0.1, -0.05) is 12.0 Å². The van der Waals surface area contributed by atoms with Gasteiger partial charge in [0.1, 0.15) is 6.04 Å². The number of amides is 1. The molecule has 1 aromatic rings. The maximum absolute atomic E-state index is 11.8. The van der Waals surface area contributed by atoms with Crippen LogP contribution in [0.2, 0.25) is 0 Å². The van der Waals surface area contributed by atoms with E-state index in [9.17, 15) is 4.79 Å². The molecule has 0 bridgehead atoms. The average Bonchev–Trinajstić information content (AvgIpc) is 3.06. The first-order chi connectivity index (χ1) is 9.26. The molecule has 1 amide bonds. The van der Waals surface area contributed by atoms with Crippen molar-refractivity contribution in [1.29, 1.82) is 0 Å². The second-order valence-electron chi connectivity index (χ2n) is 4.62. The summed E-state index contributed by atoms with van der Waals surface area (Å²) in [6, 6.07) is 0.251. The molecule has 1 unspecified atom stereocenters. The molecule has 0 saturated carbocycles. The minimum atomic E-state index is -0.193. The third-order valence-corrected chi connectivity index (χ3v) is 3.21. The monoisotopic (exact) mass is 267 g/mol. The summed E-state index contributed by atoms with van der Waals surface area (Å²) in [4.78, 5) is 13.6. The lowest BCUT2D eigenvalue weighted by Crippen LogP contribution is -2.42. The molecule has 19 heavy (non-hydrogen) atoms. The zero-order valence-corrected chi connectivity index (χ0v) is 11.5. The van der Waals surface area contributed by atoms with Crippen molar-refractivity contribution >= 4 is 11.9 Å². The largest absolute Gasteiger partial charge is 0.407 e. The van der Waals surface area contributed by atoms with E-state index in [4.69, 9.17) is 4.42 Å². The predicted molar refractivity (Wildman–Crippen MR) is 70.7 cm³/mol. The van der Waals surface area contributed by atoms with Gasteiger partial charge in [0.05, 0.1) is 6.54 Å². The van der Waals surface area contributed by atoms with Gasteiger partial charge in [-0.05, 0) is 25.8 Å². The van der Waals surface area contributed by atoms with Crippen LogP contribution in [0.3, 0.4) is 0 Å². The van der Waals surface area contributed by atoms with Crippen LogP contribution in [0.1, 0.15) is 32.1 Å². The Hall–Kier alpha value is -1.63. The van der Waals surface area contributed by atoms with Crippen LogP contribution in [0.15, 0.2) is 4.42 Å². The van der Waals surface area contributed by atoms with Crippen LogP contribution in [0.25, 0.3) is 0 Å². The maximum atomic E-state index is 11.8. The number of nitrogens with zero attached hydrogens (tertiary/aromatic N) is 3. The summed E-state index contributed by atoms with van der Waals surface area (Å²) in [7, 11) is 1.65. The van der Waals surface area contributed by atoms with Crippen LogP contribution in [-0.2, 0) is 11.3 Å². The lowest BCUT2D eigenvalue weighted by molar-refractivity contribution is -0.121. The molecule has 0 radical (unpaired) electrons. The van der Waals surface area contributed by atoms with Gasteiger partial charge >= 0.3 is 6.01 Å². The Morgan fingerprint density at radius 1 is 1.53 bits per heavy atom. The van der Waals surface area contributed by atoms with Gasteiger partial charge < -0.3 is 20.0 Å². The highest BCUT2D eigenvalue weighted by Gasteiger charge is 2.33. The highest BCUT2D eigenvalue weighted by molar-refractivity contribution is 5.84. The molecular formula is C12H21N5O2. The van der Waals surface area contributed by atoms with Crippen molar-refractivity contribution in [3.8, 4) is 0 Å². The van der Waals surface area contributed by atoms with Gasteiger partial charge in [-0.15, -0.1) is 5.10 Å². The average molecular weight is 267 g/mol. The fraction of sp³-hybridized carbons (Fsp3) is 0.750. The van der Waals surface area contributed by atoms with Crippen molar-refractivity contribution < 1.29 is 9.21 Å². The third kappa shape index (κ3) is 3.23. The lowest BCUT2D eigenvalue weighted by Gasteiger charge is -2.20. The number of rotatable bonds is 6. The summed E-state index contributed by atoms with van der Waals surface area (Å²) in [6.45, 7) is 4.37. The molecule has 2 N–H and O–H groups in total. The van der Waals surface area contributed by atoms with Gasteiger partial charge in [-0.25, -0.2) is 0 Å². The van der Waals surface area contributed by atoms with Crippen LogP contribution in [0.5, 0.6) is 0 Å². The van der Waals surface area contributed by atoms with Crippen molar-refractivity contribution in [3.63, 3.8) is 0 Å². The molecule has 1 fully saturated rings. The summed E-state index contributed by atoms with van der Waals surface area (Å²) in [5.74, 6) is 0.562. The Labute approximate surface area is 112 Å². The van der Waals surface area contributed by atoms with E-state index in [-0.39, 0.29) is 11.9 Å². The molecule has 7 heteroatoms. The number of carbonyl (C=O) groups is 1. The lowest BCUT2D eigenvalue weighted by atomic mass is 10.2. The van der Waals surface area contributed by atoms with Crippen molar-refractivity contribution in [1.82, 2.24) is 20.8 Å². The van der Waals surface area contributed by atoms with E-state index in [1.165, 1.54) is 0 Å². The number of likely N-dealkylation sites (N-methyl/N-ethyl adjacent to an activating group) is 1. The predicted octanol–water partition coefficient (Wildman–Crippen LogP) is 0.284. The molecule has 0 aromatic carbocycles. The second-order valence-corrected chi connectivity index (χ2v) is 4.62. The van der Waals surface area contributed by atoms with Crippen molar-refractivity contribution in [2.45, 2.75) is 38.8 Å². The Morgan fingerprint density at radius 3 is 3.11 bits per heavy atom. The van der Waals surface area contributed by atoms with E-state index in [1.54, 1.807) is 7.05 Å². The molecule has 1 aromatic heterocycles. The molecule has 2 rings (SSSR count). The van der Waals surface area contributed by atoms with Gasteiger partial charge in [0.15, 0.2) is 0 Å². The fourth-order valence-corrected chi connectivity index (χ4v) is 2.24. The molecule has 1 aliphatic heterocycles. The van der Waals surface area contributed by atoms with E-state index >= 15 is 0 Å². The quantitative estimate of drug-likeness (QED) is 0.721. The Kier molecular flexibility index (Phi) is 4.73. The van der Waals surface area contributed by atoms with E-state index in [1.807, 2.05) is 4.90 Å². The van der Waals surface area contributed by atoms with E-state index in [2.05, 4.69) is 27.8 Å². The minimum absolute atomic E-state index is 0.00126. The molecular weight excluding hydrogens is 246 g/mol. The molecule has 0 aliphatic carbocycles. The zero-order valence-electron chi connectivity index (χ0n) is 11.5. The molecule has 7 nitrogen and oxygen atoms in total. The van der Waals surface area contributed by atoms with Crippen molar-refractivity contribution in [2.24, 2.45) is 0 Å². The Bertz CT molecular complexity index is 420. The van der Waals surface area contributed by atoms with Crippen LogP contribution in [-0.4, -0.2) is 42.3 Å². The molecule has 106 valence electrons. The second kappa shape index (κ2) is 6.51. The Morgan fingerprint density at radius 2 is 2.37 bits per heavy atom. The summed E-state index contributed by atoms with van der Waals surface area (Å²) in [5.41, 5.74) is 0. The summed E-state index contributed by atoms with van der Waals surface area (Å²) < 4.78 is 5.60. The standard InChI is InChI=1S/C12H21N5O2/c1-3-6-14-8-10-15-16-12(19-10)17-7-4-5-9(17)11(18)13-2/h9,14H,3-8H2,1-2H3,(H,13,18). The topological polar surface area (TPSA) is 83.3 Å². The number of hydrogen-bond acceptors (Lipinski definition) is 6. The first-order valence-electron chi connectivity index (χ1n) is 6.77. The number of aromatic nitrogens is 2. The molecule has 1 aliphatic rings. The van der Waals surface area contributed by atoms with Crippen LogP contribution < -0.4 is 15.5 Å². The number of hydrogen-bond donors (Lipinski definition) is 2. The first-order valence-corrected chi connectivity index (χ1v) is 6.77. The van der Waals surface area contributed by atoms with Gasteiger partial charge in [-0.3, -0.25) is 4.79 Å². The SMILES string of the molecule is CCCNCc1nnc(N2CCCC2C(=O)NC)o1. The van der Waals surface area contributed by atoms with Crippen LogP contribution >= 0.6 is 0 Å². The van der Waals surface area contributed by atoms with Crippen LogP contribution in [0.4, 0.5) is 6.01 Å². The Balaban J connectivity index is 1.99. The van der Waals surface area contributed by atoms with Gasteiger partial charge in [0.2, 0.25) is 11.8 Å². The number of carbonyl (C=O) groups excluding carboxylic acids is 1. The molecule has 0 spiro atoms. The maximum Gasteiger partial charge on any atom is 0.318 e. The normalized spacial score (nSPS) is 18.8. The number of anilines is 1. The fourth-order valence-electron chi connectivity index (χ4n) is 2.24. The summed E-state index contributed by atoms with van der Waals surface area (Å²) >= 11 is 0. The van der Waals surface area contributed by atoms with Crippen LogP contribution in [0, 0.1) is 0 Å². The van der Waals surface area contributed by atoms with Gasteiger partial charge in [0.25, 0.3) is 0 Å². The number of nitrogens with one attached hydrogen (secondary N) is 2. The summed E-state index contributed by atoms with van der Waals surface area (Å²) in [6.07, 6.45) is 2.85. The first kappa shape index (κ1) is 13.8. The van der Waals surface area contributed by atoms with Gasteiger partial charge in [0, 0.05) is 13.6 Å². The summed E-state index contributed by atoms with van der Waals surface area (Å²) in [5, 5.41) is 13.9. The molecule has 1 atom stereocenters. The molecule has 1 saturated heterocycles. The van der Waals surface area contributed by atoms with Gasteiger partial charge in [-0.2, -0.15) is 0 Å². The molecule has 2 heterocycles. The van der Waals surface area contributed by atoms with Crippen molar-refractivity contribution in [2.75, 3.05) is 25.0 Å². The zero-order chi connectivity index (χ0) is 13.7. The van der Waals surface area contributed by atoms with E-state index in [0.717, 1.165) is 32.4 Å². The highest BCUT2D eigenvalue weighted by atomic mass is 16.4. The van der Waals surface area contributed by atoms with E-state index in [0.29, 0.717) is 18.5 Å². The minimum Gasteiger partial charge on any atom is -0.407 e. The smallest absolute Gasteiger partial charge is 0.318 e.